The third-order valence-corrected chi connectivity index (χ3v) is 6.83. The number of hydrogen-bond donors (Lipinski definition) is 0. The summed E-state index contributed by atoms with van der Waals surface area (Å²) >= 11 is 0. The normalized spacial score (nSPS) is 13.3. The predicted octanol–water partition coefficient (Wildman–Crippen LogP) is 4.02. The number of rotatable bonds is 10. The zero-order valence-electron chi connectivity index (χ0n) is 23.5. The summed E-state index contributed by atoms with van der Waals surface area (Å²) in [6, 6.07) is 15.4. The number of nitrogens with zero attached hydrogens (tertiary/aromatic N) is 5. The molecule has 2 amide bonds. The second-order valence-electron chi connectivity index (χ2n) is 10.2. The summed E-state index contributed by atoms with van der Waals surface area (Å²) < 4.78 is 24.0. The highest BCUT2D eigenvalue weighted by molar-refractivity contribution is 5.85. The number of carbonyl (C=O) groups is 2. The molecule has 4 rings (SSSR count). The van der Waals surface area contributed by atoms with Crippen LogP contribution in [-0.4, -0.2) is 78.8 Å². The van der Waals surface area contributed by atoms with Gasteiger partial charge in [-0.2, -0.15) is 0 Å². The van der Waals surface area contributed by atoms with E-state index in [4.69, 9.17) is 9.47 Å². The number of carbonyl (C=O) groups excluding carboxylic acids is 2. The fraction of sp³-hybridized carbons (Fsp3) is 0.400. The first kappa shape index (κ1) is 28.8. The SMILES string of the molecule is COc1ccc(-c2ccc(N3CCN(C(=O)CN(Cc4ccc(F)cc4)C(=O)CC(C)C)CC3)nn2)cc1OC. The monoisotopic (exact) mass is 549 g/mol. The minimum Gasteiger partial charge on any atom is -0.493 e. The average molecular weight is 550 g/mol. The van der Waals surface area contributed by atoms with Crippen molar-refractivity contribution in [1.82, 2.24) is 20.0 Å². The van der Waals surface area contributed by atoms with Gasteiger partial charge in [0, 0.05) is 44.7 Å². The molecule has 2 heterocycles. The van der Waals surface area contributed by atoms with Gasteiger partial charge < -0.3 is 24.2 Å². The van der Waals surface area contributed by atoms with E-state index in [1.54, 1.807) is 36.2 Å². The molecule has 1 aromatic heterocycles. The van der Waals surface area contributed by atoms with Gasteiger partial charge in [-0.15, -0.1) is 10.2 Å². The van der Waals surface area contributed by atoms with Gasteiger partial charge >= 0.3 is 0 Å². The van der Waals surface area contributed by atoms with Crippen LogP contribution in [0, 0.1) is 11.7 Å². The molecular formula is C30H36FN5O4. The maximum absolute atomic E-state index is 13.4. The Morgan fingerprint density at radius 1 is 0.925 bits per heavy atom. The number of halogens is 1. The van der Waals surface area contributed by atoms with Gasteiger partial charge in [-0.3, -0.25) is 9.59 Å². The van der Waals surface area contributed by atoms with E-state index >= 15 is 0 Å². The van der Waals surface area contributed by atoms with Crippen LogP contribution in [0.3, 0.4) is 0 Å². The lowest BCUT2D eigenvalue weighted by Crippen LogP contribution is -2.52. The quantitative estimate of drug-likeness (QED) is 0.377. The summed E-state index contributed by atoms with van der Waals surface area (Å²) in [5.74, 6) is 1.64. The molecule has 0 spiro atoms. The maximum Gasteiger partial charge on any atom is 0.242 e. The highest BCUT2D eigenvalue weighted by Gasteiger charge is 2.26. The molecule has 0 unspecified atom stereocenters. The van der Waals surface area contributed by atoms with Crippen molar-refractivity contribution in [2.45, 2.75) is 26.8 Å². The Labute approximate surface area is 234 Å². The van der Waals surface area contributed by atoms with Crippen molar-refractivity contribution in [1.29, 1.82) is 0 Å². The van der Waals surface area contributed by atoms with Gasteiger partial charge in [0.1, 0.15) is 12.4 Å². The van der Waals surface area contributed by atoms with E-state index in [1.165, 1.54) is 12.1 Å². The van der Waals surface area contributed by atoms with Crippen molar-refractivity contribution in [2.24, 2.45) is 5.92 Å². The third-order valence-electron chi connectivity index (χ3n) is 6.83. The van der Waals surface area contributed by atoms with Crippen molar-refractivity contribution in [3.63, 3.8) is 0 Å². The van der Waals surface area contributed by atoms with Gasteiger partial charge in [0.05, 0.1) is 19.9 Å². The van der Waals surface area contributed by atoms with Crippen LogP contribution in [0.1, 0.15) is 25.8 Å². The van der Waals surface area contributed by atoms with Crippen molar-refractivity contribution in [3.05, 3.63) is 66.0 Å². The van der Waals surface area contributed by atoms with Gasteiger partial charge in [0.2, 0.25) is 11.8 Å². The van der Waals surface area contributed by atoms with Crippen molar-refractivity contribution in [2.75, 3.05) is 51.8 Å². The first-order valence-corrected chi connectivity index (χ1v) is 13.4. The second-order valence-corrected chi connectivity index (χ2v) is 10.2. The molecule has 1 aliphatic heterocycles. The molecule has 0 radical (unpaired) electrons. The van der Waals surface area contributed by atoms with Crippen LogP contribution in [0.15, 0.2) is 54.6 Å². The summed E-state index contributed by atoms with van der Waals surface area (Å²) in [6.45, 7) is 6.43. The van der Waals surface area contributed by atoms with Crippen LogP contribution in [0.2, 0.25) is 0 Å². The molecular weight excluding hydrogens is 513 g/mol. The highest BCUT2D eigenvalue weighted by atomic mass is 19.1. The fourth-order valence-electron chi connectivity index (χ4n) is 4.61. The van der Waals surface area contributed by atoms with Crippen LogP contribution in [0.5, 0.6) is 11.5 Å². The summed E-state index contributed by atoms with van der Waals surface area (Å²) in [5, 5.41) is 8.82. The molecule has 0 atom stereocenters. The molecule has 3 aromatic rings. The molecule has 10 heteroatoms. The standard InChI is InChI=1S/C30H36FN5O4/c1-21(2)17-29(37)36(19-22-5-8-24(31)9-6-22)20-30(38)35-15-13-34(14-16-35)28-12-10-25(32-33-28)23-7-11-26(39-3)27(18-23)40-4/h5-12,18,21H,13-17,19-20H2,1-4H3. The van der Waals surface area contributed by atoms with E-state index in [0.29, 0.717) is 49.8 Å². The highest BCUT2D eigenvalue weighted by Crippen LogP contribution is 2.31. The molecule has 0 N–H and O–H groups in total. The molecule has 1 fully saturated rings. The number of ether oxygens (including phenoxy) is 2. The number of methoxy groups -OCH3 is 2. The Hall–Kier alpha value is -4.21. The second kappa shape index (κ2) is 13.2. The molecule has 0 bridgehead atoms. The number of anilines is 1. The number of amides is 2. The minimum absolute atomic E-state index is 0.0112. The number of hydrogen-bond acceptors (Lipinski definition) is 7. The zero-order chi connectivity index (χ0) is 28.6. The molecule has 9 nitrogen and oxygen atoms in total. The van der Waals surface area contributed by atoms with Crippen LogP contribution in [-0.2, 0) is 16.1 Å². The van der Waals surface area contributed by atoms with E-state index in [9.17, 15) is 14.0 Å². The summed E-state index contributed by atoms with van der Waals surface area (Å²) in [6.07, 6.45) is 0.347. The largest absolute Gasteiger partial charge is 0.493 e. The minimum atomic E-state index is -0.335. The smallest absolute Gasteiger partial charge is 0.242 e. The molecule has 0 saturated carbocycles. The van der Waals surface area contributed by atoms with E-state index < -0.39 is 0 Å². The molecule has 0 aliphatic carbocycles. The molecule has 1 aliphatic rings. The topological polar surface area (TPSA) is 88.1 Å². The van der Waals surface area contributed by atoms with Crippen molar-refractivity contribution < 1.29 is 23.5 Å². The molecule has 1 saturated heterocycles. The number of benzene rings is 2. The summed E-state index contributed by atoms with van der Waals surface area (Å²) in [5.41, 5.74) is 2.36. The third kappa shape index (κ3) is 7.25. The van der Waals surface area contributed by atoms with Crippen LogP contribution < -0.4 is 14.4 Å². The van der Waals surface area contributed by atoms with Crippen LogP contribution in [0.4, 0.5) is 10.2 Å². The summed E-state index contributed by atoms with van der Waals surface area (Å²) in [7, 11) is 3.18. The van der Waals surface area contributed by atoms with Gasteiger partial charge in [0.15, 0.2) is 17.3 Å². The van der Waals surface area contributed by atoms with Gasteiger partial charge in [-0.25, -0.2) is 4.39 Å². The first-order chi connectivity index (χ1) is 19.3. The maximum atomic E-state index is 13.4. The van der Waals surface area contributed by atoms with Crippen LogP contribution in [0.25, 0.3) is 11.3 Å². The lowest BCUT2D eigenvalue weighted by atomic mass is 10.1. The van der Waals surface area contributed by atoms with E-state index in [1.807, 2.05) is 44.2 Å². The number of aromatic nitrogens is 2. The Kier molecular flexibility index (Phi) is 9.52. The Balaban J connectivity index is 1.36. The van der Waals surface area contributed by atoms with Crippen molar-refractivity contribution in [3.8, 4) is 22.8 Å². The van der Waals surface area contributed by atoms with Crippen molar-refractivity contribution >= 4 is 17.6 Å². The van der Waals surface area contributed by atoms with Gasteiger partial charge in [-0.05, 0) is 53.9 Å². The van der Waals surface area contributed by atoms with E-state index in [2.05, 4.69) is 15.1 Å². The fourth-order valence-corrected chi connectivity index (χ4v) is 4.61. The first-order valence-electron chi connectivity index (χ1n) is 13.4. The summed E-state index contributed by atoms with van der Waals surface area (Å²) in [4.78, 5) is 31.6. The molecule has 2 aromatic carbocycles. The lowest BCUT2D eigenvalue weighted by molar-refractivity contribution is -0.141. The predicted molar refractivity (Wildman–Crippen MR) is 151 cm³/mol. The Morgan fingerprint density at radius 3 is 2.23 bits per heavy atom. The van der Waals surface area contributed by atoms with E-state index in [-0.39, 0.29) is 36.6 Å². The van der Waals surface area contributed by atoms with Gasteiger partial charge in [-0.1, -0.05) is 26.0 Å². The zero-order valence-corrected chi connectivity index (χ0v) is 23.5. The average Bonchev–Trinajstić information content (AvgIpc) is 2.97. The van der Waals surface area contributed by atoms with Crippen LogP contribution >= 0.6 is 0 Å². The number of piperazine rings is 1. The Morgan fingerprint density at radius 2 is 1.62 bits per heavy atom. The van der Waals surface area contributed by atoms with Gasteiger partial charge in [0.25, 0.3) is 0 Å². The molecule has 212 valence electrons. The Bertz CT molecular complexity index is 1290. The molecule has 40 heavy (non-hydrogen) atoms. The van der Waals surface area contributed by atoms with E-state index in [0.717, 1.165) is 16.9 Å². The lowest BCUT2D eigenvalue weighted by Gasteiger charge is -2.36.